The Morgan fingerprint density at radius 1 is 1.05 bits per heavy atom. The normalized spacial score (nSPS) is 11.2. The van der Waals surface area contributed by atoms with Crippen molar-refractivity contribution in [3.8, 4) is 0 Å². The maximum Gasteiger partial charge on any atom is 0.241 e. The largest absolute Gasteiger partial charge is 0.325 e. The number of sulfonamides is 1. The molecule has 0 aliphatic heterocycles. The van der Waals surface area contributed by atoms with Crippen LogP contribution in [0.2, 0.25) is 0 Å². The summed E-state index contributed by atoms with van der Waals surface area (Å²) in [5, 5.41) is 2.63. The molecule has 0 saturated carbocycles. The van der Waals surface area contributed by atoms with Crippen LogP contribution in [0.5, 0.6) is 0 Å². The average molecular weight is 495 g/mol. The summed E-state index contributed by atoms with van der Waals surface area (Å²) in [5.74, 6) is -0.429. The first kappa shape index (κ1) is 17.4. The third-order valence-electron chi connectivity index (χ3n) is 2.67. The zero-order valence-corrected chi connectivity index (χ0v) is 15.8. The first-order valence-electron chi connectivity index (χ1n) is 6.17. The van der Waals surface area contributed by atoms with Crippen LogP contribution in [0.4, 0.5) is 5.69 Å². The highest BCUT2D eigenvalue weighted by molar-refractivity contribution is 14.1. The van der Waals surface area contributed by atoms with E-state index in [0.29, 0.717) is 5.69 Å². The van der Waals surface area contributed by atoms with Gasteiger partial charge in [-0.25, -0.2) is 13.1 Å². The molecule has 2 N–H and O–H groups in total. The van der Waals surface area contributed by atoms with Crippen molar-refractivity contribution in [2.75, 3.05) is 11.9 Å². The molecule has 8 heteroatoms. The molecule has 0 aliphatic carbocycles. The standard InChI is InChI=1S/C14H12BrIN2O3S/c15-10-1-7-13(8-2-10)22(20,21)17-9-14(19)18-12-5-3-11(16)4-6-12/h1-8,17H,9H2,(H,18,19). The zero-order valence-electron chi connectivity index (χ0n) is 11.2. The number of carbonyl (C=O) groups excluding carboxylic acids is 1. The highest BCUT2D eigenvalue weighted by Gasteiger charge is 2.15. The van der Waals surface area contributed by atoms with Crippen molar-refractivity contribution in [3.05, 3.63) is 56.6 Å². The van der Waals surface area contributed by atoms with Crippen LogP contribution < -0.4 is 10.0 Å². The van der Waals surface area contributed by atoms with Crippen molar-refractivity contribution in [2.45, 2.75) is 4.90 Å². The van der Waals surface area contributed by atoms with Gasteiger partial charge in [0.1, 0.15) is 0 Å². The fraction of sp³-hybridized carbons (Fsp3) is 0.0714. The second-order valence-electron chi connectivity index (χ2n) is 4.33. The second-order valence-corrected chi connectivity index (χ2v) is 8.26. The highest BCUT2D eigenvalue weighted by Crippen LogP contribution is 2.14. The second kappa shape index (κ2) is 7.53. The number of nitrogens with one attached hydrogen (secondary N) is 2. The summed E-state index contributed by atoms with van der Waals surface area (Å²) in [4.78, 5) is 11.9. The lowest BCUT2D eigenvalue weighted by Gasteiger charge is -2.08. The number of anilines is 1. The minimum atomic E-state index is -3.70. The van der Waals surface area contributed by atoms with Gasteiger partial charge in [0.2, 0.25) is 15.9 Å². The Morgan fingerprint density at radius 2 is 1.64 bits per heavy atom. The molecule has 2 aromatic rings. The monoisotopic (exact) mass is 494 g/mol. The van der Waals surface area contributed by atoms with Crippen molar-refractivity contribution in [1.29, 1.82) is 0 Å². The van der Waals surface area contributed by atoms with E-state index in [1.54, 1.807) is 24.3 Å². The van der Waals surface area contributed by atoms with E-state index in [4.69, 9.17) is 0 Å². The maximum atomic E-state index is 12.0. The Bertz CT molecular complexity index is 762. The fourth-order valence-electron chi connectivity index (χ4n) is 1.60. The zero-order chi connectivity index (χ0) is 16.2. The molecule has 0 unspecified atom stereocenters. The van der Waals surface area contributed by atoms with E-state index in [9.17, 15) is 13.2 Å². The van der Waals surface area contributed by atoms with E-state index < -0.39 is 15.9 Å². The predicted octanol–water partition coefficient (Wildman–Crippen LogP) is 2.97. The quantitative estimate of drug-likeness (QED) is 0.627. The summed E-state index contributed by atoms with van der Waals surface area (Å²) in [6, 6.07) is 13.4. The van der Waals surface area contributed by atoms with Crippen LogP contribution in [0.3, 0.4) is 0 Å². The summed E-state index contributed by atoms with van der Waals surface area (Å²) in [5.41, 5.74) is 0.619. The number of hydrogen-bond acceptors (Lipinski definition) is 3. The number of carbonyl (C=O) groups is 1. The van der Waals surface area contributed by atoms with E-state index in [1.807, 2.05) is 12.1 Å². The fourth-order valence-corrected chi connectivity index (χ4v) is 3.20. The SMILES string of the molecule is O=C(CNS(=O)(=O)c1ccc(Br)cc1)Nc1ccc(I)cc1. The molecule has 0 spiro atoms. The van der Waals surface area contributed by atoms with Gasteiger partial charge >= 0.3 is 0 Å². The minimum Gasteiger partial charge on any atom is -0.325 e. The van der Waals surface area contributed by atoms with Crippen molar-refractivity contribution >= 4 is 60.1 Å². The lowest BCUT2D eigenvalue weighted by Crippen LogP contribution is -2.32. The van der Waals surface area contributed by atoms with Gasteiger partial charge in [-0.05, 0) is 71.1 Å². The molecule has 0 bridgehead atoms. The van der Waals surface area contributed by atoms with Crippen LogP contribution in [0, 0.1) is 3.57 Å². The summed E-state index contributed by atoms with van der Waals surface area (Å²) in [6.07, 6.45) is 0. The molecular formula is C14H12BrIN2O3S. The maximum absolute atomic E-state index is 12.0. The molecule has 22 heavy (non-hydrogen) atoms. The van der Waals surface area contributed by atoms with E-state index >= 15 is 0 Å². The lowest BCUT2D eigenvalue weighted by atomic mass is 10.3. The number of rotatable bonds is 5. The van der Waals surface area contributed by atoms with Crippen LogP contribution in [0.15, 0.2) is 57.9 Å². The Hall–Kier alpha value is -0.970. The Kier molecular flexibility index (Phi) is 5.95. The van der Waals surface area contributed by atoms with Gasteiger partial charge in [-0.15, -0.1) is 0 Å². The summed E-state index contributed by atoms with van der Waals surface area (Å²) in [7, 11) is -3.70. The van der Waals surface area contributed by atoms with Crippen molar-refractivity contribution in [2.24, 2.45) is 0 Å². The summed E-state index contributed by atoms with van der Waals surface area (Å²) < 4.78 is 28.2. The van der Waals surface area contributed by atoms with Gasteiger partial charge in [-0.3, -0.25) is 4.79 Å². The van der Waals surface area contributed by atoms with Gasteiger partial charge in [0.15, 0.2) is 0 Å². The van der Waals surface area contributed by atoms with Gasteiger partial charge in [0.05, 0.1) is 11.4 Å². The molecule has 5 nitrogen and oxygen atoms in total. The van der Waals surface area contributed by atoms with Crippen LogP contribution in [-0.4, -0.2) is 20.9 Å². The summed E-state index contributed by atoms with van der Waals surface area (Å²) >= 11 is 5.39. The Balaban J connectivity index is 1.95. The first-order chi connectivity index (χ1) is 10.4. The van der Waals surface area contributed by atoms with E-state index in [2.05, 4.69) is 48.6 Å². The first-order valence-corrected chi connectivity index (χ1v) is 9.53. The molecular weight excluding hydrogens is 483 g/mol. The van der Waals surface area contributed by atoms with Gasteiger partial charge < -0.3 is 5.32 Å². The molecule has 1 amide bonds. The lowest BCUT2D eigenvalue weighted by molar-refractivity contribution is -0.115. The van der Waals surface area contributed by atoms with Crippen molar-refractivity contribution < 1.29 is 13.2 Å². The van der Waals surface area contributed by atoms with Crippen molar-refractivity contribution in [3.63, 3.8) is 0 Å². The van der Waals surface area contributed by atoms with E-state index in [0.717, 1.165) is 8.04 Å². The van der Waals surface area contributed by atoms with Gasteiger partial charge in [0.25, 0.3) is 0 Å². The number of amides is 1. The van der Waals surface area contributed by atoms with E-state index in [-0.39, 0.29) is 11.4 Å². The smallest absolute Gasteiger partial charge is 0.241 e. The molecule has 0 saturated heterocycles. The molecule has 0 fully saturated rings. The molecule has 0 aliphatic rings. The third kappa shape index (κ3) is 5.04. The molecule has 2 rings (SSSR count). The third-order valence-corrected chi connectivity index (χ3v) is 5.34. The van der Waals surface area contributed by atoms with Gasteiger partial charge in [0, 0.05) is 13.7 Å². The van der Waals surface area contributed by atoms with Crippen molar-refractivity contribution in [1.82, 2.24) is 4.72 Å². The molecule has 0 aromatic heterocycles. The predicted molar refractivity (Wildman–Crippen MR) is 97.1 cm³/mol. The van der Waals surface area contributed by atoms with Gasteiger partial charge in [-0.1, -0.05) is 15.9 Å². The van der Waals surface area contributed by atoms with E-state index in [1.165, 1.54) is 12.1 Å². The topological polar surface area (TPSA) is 75.3 Å². The minimum absolute atomic E-state index is 0.109. The Labute approximate surface area is 150 Å². The molecule has 0 heterocycles. The Morgan fingerprint density at radius 3 is 2.23 bits per heavy atom. The average Bonchev–Trinajstić information content (AvgIpc) is 2.48. The molecule has 116 valence electrons. The van der Waals surface area contributed by atoms with Crippen LogP contribution in [0.25, 0.3) is 0 Å². The summed E-state index contributed by atoms with van der Waals surface area (Å²) in [6.45, 7) is -0.329. The van der Waals surface area contributed by atoms with Crippen LogP contribution in [0.1, 0.15) is 0 Å². The molecule has 0 atom stereocenters. The van der Waals surface area contributed by atoms with Crippen LogP contribution >= 0.6 is 38.5 Å². The number of hydrogen-bond donors (Lipinski definition) is 2. The number of benzene rings is 2. The molecule has 0 radical (unpaired) electrons. The van der Waals surface area contributed by atoms with Gasteiger partial charge in [-0.2, -0.15) is 0 Å². The highest BCUT2D eigenvalue weighted by atomic mass is 127. The molecule has 2 aromatic carbocycles. The number of halogens is 2. The van der Waals surface area contributed by atoms with Crippen LogP contribution in [-0.2, 0) is 14.8 Å².